The second-order valence-electron chi connectivity index (χ2n) is 3.63. The zero-order valence-electron chi connectivity index (χ0n) is 9.92. The Hall–Kier alpha value is -0.680. The van der Waals surface area contributed by atoms with Gasteiger partial charge in [-0.3, -0.25) is 9.48 Å². The number of Topliss-reactive ketones (excluding diaryl/α,β-unsaturated/α-hetero) is 1. The highest BCUT2D eigenvalue weighted by molar-refractivity contribution is 9.10. The van der Waals surface area contributed by atoms with E-state index in [0.717, 1.165) is 15.9 Å². The number of hydrogen-bond acceptors (Lipinski definition) is 3. The van der Waals surface area contributed by atoms with Gasteiger partial charge in [0.1, 0.15) is 5.78 Å². The lowest BCUT2D eigenvalue weighted by Gasteiger charge is -2.03. The van der Waals surface area contributed by atoms with Crippen molar-refractivity contribution in [3.05, 3.63) is 15.9 Å². The minimum absolute atomic E-state index is 0.178. The average Bonchev–Trinajstić information content (AvgIpc) is 2.46. The number of rotatable bonds is 6. The molecular formula is C11H17BrN2O2. The molecule has 0 aliphatic rings. The quantitative estimate of drug-likeness (QED) is 0.753. The summed E-state index contributed by atoms with van der Waals surface area (Å²) in [5.74, 6) is 0.178. The highest BCUT2D eigenvalue weighted by atomic mass is 79.9. The Morgan fingerprint density at radius 1 is 1.56 bits per heavy atom. The third-order valence-electron chi connectivity index (χ3n) is 2.36. The van der Waals surface area contributed by atoms with Crippen LogP contribution in [-0.2, 0) is 23.0 Å². The molecule has 0 aliphatic heterocycles. The van der Waals surface area contributed by atoms with Gasteiger partial charge in [-0.15, -0.1) is 0 Å². The number of aryl methyl sites for hydroxylation is 2. The highest BCUT2D eigenvalue weighted by Crippen LogP contribution is 2.20. The van der Waals surface area contributed by atoms with Gasteiger partial charge < -0.3 is 4.74 Å². The van der Waals surface area contributed by atoms with E-state index in [1.165, 1.54) is 0 Å². The monoisotopic (exact) mass is 288 g/mol. The molecule has 0 N–H and O–H groups in total. The highest BCUT2D eigenvalue weighted by Gasteiger charge is 2.13. The van der Waals surface area contributed by atoms with Crippen LogP contribution >= 0.6 is 15.9 Å². The molecule has 0 aromatic carbocycles. The van der Waals surface area contributed by atoms with Crippen molar-refractivity contribution in [2.75, 3.05) is 13.2 Å². The number of aromatic nitrogens is 2. The van der Waals surface area contributed by atoms with Crippen LogP contribution in [0.15, 0.2) is 4.47 Å². The summed E-state index contributed by atoms with van der Waals surface area (Å²) >= 11 is 3.44. The van der Waals surface area contributed by atoms with Crippen molar-refractivity contribution in [3.8, 4) is 0 Å². The van der Waals surface area contributed by atoms with Gasteiger partial charge >= 0.3 is 0 Å². The van der Waals surface area contributed by atoms with Crippen LogP contribution in [0, 0.1) is 6.92 Å². The topological polar surface area (TPSA) is 44.1 Å². The van der Waals surface area contributed by atoms with Crippen molar-refractivity contribution in [2.45, 2.75) is 26.7 Å². The molecular weight excluding hydrogens is 272 g/mol. The molecule has 0 spiro atoms. The van der Waals surface area contributed by atoms with Crippen molar-refractivity contribution < 1.29 is 9.53 Å². The van der Waals surface area contributed by atoms with Crippen LogP contribution in [-0.4, -0.2) is 28.8 Å². The molecule has 0 fully saturated rings. The predicted octanol–water partition coefficient (Wildman–Crippen LogP) is 2.03. The summed E-state index contributed by atoms with van der Waals surface area (Å²) in [5.41, 5.74) is 1.84. The Kier molecular flexibility index (Phi) is 5.15. The Balaban J connectivity index is 2.56. The van der Waals surface area contributed by atoms with E-state index in [-0.39, 0.29) is 5.78 Å². The van der Waals surface area contributed by atoms with E-state index in [9.17, 15) is 4.79 Å². The SMILES string of the molecule is CCOCCC(=O)Cc1c(Br)c(C)nn1C. The Morgan fingerprint density at radius 3 is 2.75 bits per heavy atom. The van der Waals surface area contributed by atoms with Crippen LogP contribution in [0.25, 0.3) is 0 Å². The normalized spacial score (nSPS) is 10.8. The van der Waals surface area contributed by atoms with Crippen molar-refractivity contribution in [2.24, 2.45) is 7.05 Å². The van der Waals surface area contributed by atoms with Crippen LogP contribution in [0.1, 0.15) is 24.7 Å². The summed E-state index contributed by atoms with van der Waals surface area (Å²) < 4.78 is 7.83. The van der Waals surface area contributed by atoms with Crippen LogP contribution in [0.3, 0.4) is 0 Å². The summed E-state index contributed by atoms with van der Waals surface area (Å²) in [7, 11) is 1.85. The van der Waals surface area contributed by atoms with Gasteiger partial charge in [-0.05, 0) is 29.8 Å². The molecule has 1 aromatic heterocycles. The average molecular weight is 289 g/mol. The summed E-state index contributed by atoms with van der Waals surface area (Å²) in [6, 6.07) is 0. The fourth-order valence-electron chi connectivity index (χ4n) is 1.48. The second kappa shape index (κ2) is 6.15. The van der Waals surface area contributed by atoms with Crippen molar-refractivity contribution >= 4 is 21.7 Å². The number of halogens is 1. The lowest BCUT2D eigenvalue weighted by atomic mass is 10.1. The van der Waals surface area contributed by atoms with E-state index in [1.807, 2.05) is 20.9 Å². The molecule has 0 amide bonds. The molecule has 4 nitrogen and oxygen atoms in total. The van der Waals surface area contributed by atoms with E-state index in [2.05, 4.69) is 21.0 Å². The van der Waals surface area contributed by atoms with E-state index >= 15 is 0 Å². The molecule has 0 radical (unpaired) electrons. The molecule has 0 unspecified atom stereocenters. The minimum atomic E-state index is 0.178. The summed E-state index contributed by atoms with van der Waals surface area (Å²) in [6.45, 7) is 5.00. The van der Waals surface area contributed by atoms with Gasteiger partial charge in [-0.2, -0.15) is 5.10 Å². The summed E-state index contributed by atoms with van der Waals surface area (Å²) in [5, 5.41) is 4.25. The van der Waals surface area contributed by atoms with E-state index in [0.29, 0.717) is 26.1 Å². The van der Waals surface area contributed by atoms with Crippen LogP contribution in [0.4, 0.5) is 0 Å². The van der Waals surface area contributed by atoms with Gasteiger partial charge in [0.05, 0.1) is 22.5 Å². The Labute approximate surface area is 104 Å². The van der Waals surface area contributed by atoms with Gasteiger partial charge in [0.15, 0.2) is 0 Å². The second-order valence-corrected chi connectivity index (χ2v) is 4.43. The molecule has 0 bridgehead atoms. The van der Waals surface area contributed by atoms with Crippen LogP contribution < -0.4 is 0 Å². The predicted molar refractivity (Wildman–Crippen MR) is 65.5 cm³/mol. The smallest absolute Gasteiger partial charge is 0.141 e. The number of hydrogen-bond donors (Lipinski definition) is 0. The van der Waals surface area contributed by atoms with E-state index in [4.69, 9.17) is 4.74 Å². The zero-order chi connectivity index (χ0) is 12.1. The fraction of sp³-hybridized carbons (Fsp3) is 0.636. The van der Waals surface area contributed by atoms with Crippen molar-refractivity contribution in [1.82, 2.24) is 9.78 Å². The first-order chi connectivity index (χ1) is 7.56. The van der Waals surface area contributed by atoms with Gasteiger partial charge in [-0.1, -0.05) is 0 Å². The van der Waals surface area contributed by atoms with Gasteiger partial charge in [0.2, 0.25) is 0 Å². The maximum Gasteiger partial charge on any atom is 0.141 e. The molecule has 90 valence electrons. The number of ketones is 1. The van der Waals surface area contributed by atoms with Gasteiger partial charge in [-0.25, -0.2) is 0 Å². The molecule has 0 saturated heterocycles. The van der Waals surface area contributed by atoms with E-state index < -0.39 is 0 Å². The van der Waals surface area contributed by atoms with Gasteiger partial charge in [0, 0.05) is 26.5 Å². The third-order valence-corrected chi connectivity index (χ3v) is 3.39. The molecule has 16 heavy (non-hydrogen) atoms. The summed E-state index contributed by atoms with van der Waals surface area (Å²) in [4.78, 5) is 11.7. The standard InChI is InChI=1S/C11H17BrN2O2/c1-4-16-6-5-9(15)7-10-11(12)8(2)13-14(10)3/h4-7H2,1-3H3. The fourth-order valence-corrected chi connectivity index (χ4v) is 1.95. The lowest BCUT2D eigenvalue weighted by Crippen LogP contribution is -2.10. The lowest BCUT2D eigenvalue weighted by molar-refractivity contribution is -0.119. The molecule has 0 saturated carbocycles. The van der Waals surface area contributed by atoms with E-state index in [1.54, 1.807) is 4.68 Å². The largest absolute Gasteiger partial charge is 0.381 e. The first kappa shape index (κ1) is 13.4. The maximum atomic E-state index is 11.7. The first-order valence-electron chi connectivity index (χ1n) is 5.33. The van der Waals surface area contributed by atoms with Crippen molar-refractivity contribution in [1.29, 1.82) is 0 Å². The molecule has 1 aromatic rings. The molecule has 5 heteroatoms. The summed E-state index contributed by atoms with van der Waals surface area (Å²) in [6.07, 6.45) is 0.871. The van der Waals surface area contributed by atoms with Gasteiger partial charge in [0.25, 0.3) is 0 Å². The molecule has 1 heterocycles. The third kappa shape index (κ3) is 3.42. The molecule has 1 rings (SSSR count). The zero-order valence-corrected chi connectivity index (χ0v) is 11.5. The molecule has 0 atom stereocenters. The number of carbonyl (C=O) groups excluding carboxylic acids is 1. The van der Waals surface area contributed by atoms with Crippen molar-refractivity contribution in [3.63, 3.8) is 0 Å². The Bertz CT molecular complexity index is 374. The first-order valence-corrected chi connectivity index (χ1v) is 6.13. The number of ether oxygens (including phenoxy) is 1. The minimum Gasteiger partial charge on any atom is -0.381 e. The van der Waals surface area contributed by atoms with Crippen LogP contribution in [0.5, 0.6) is 0 Å². The number of nitrogens with zero attached hydrogens (tertiary/aromatic N) is 2. The Morgan fingerprint density at radius 2 is 2.25 bits per heavy atom. The molecule has 0 aliphatic carbocycles. The van der Waals surface area contributed by atoms with Crippen LogP contribution in [0.2, 0.25) is 0 Å². The maximum absolute atomic E-state index is 11.7. The number of carbonyl (C=O) groups is 1.